The topological polar surface area (TPSA) is 86.1 Å². The highest BCUT2D eigenvalue weighted by Gasteiger charge is 2.26. The van der Waals surface area contributed by atoms with E-state index < -0.39 is 17.2 Å². The van der Waals surface area contributed by atoms with E-state index in [1.54, 1.807) is 49.4 Å². The van der Waals surface area contributed by atoms with Crippen LogP contribution in [-0.2, 0) is 4.79 Å². The van der Waals surface area contributed by atoms with Crippen LogP contribution in [0.2, 0.25) is 0 Å². The number of ketones is 1. The van der Waals surface area contributed by atoms with Gasteiger partial charge < -0.3 is 14.6 Å². The van der Waals surface area contributed by atoms with Gasteiger partial charge >= 0.3 is 0 Å². The standard InChI is InChI=1S/C25H29FN4O3S/c1-6-22(24(32)27-19-11-9-10-18(14-19)16(4)31)34-25-29-28-23(30(25)15(2)3)17(5)33-21-13-8-7-12-20(21)26/h7-15,17,22H,6H2,1-5H3,(H,27,32). The number of amides is 1. The van der Waals surface area contributed by atoms with Gasteiger partial charge in [-0.15, -0.1) is 10.2 Å². The van der Waals surface area contributed by atoms with E-state index in [0.29, 0.717) is 28.7 Å². The molecule has 0 aliphatic carbocycles. The number of benzene rings is 2. The normalized spacial score (nSPS) is 12.9. The molecule has 0 spiro atoms. The number of para-hydroxylation sites is 1. The molecule has 2 unspecified atom stereocenters. The van der Waals surface area contributed by atoms with Crippen molar-refractivity contribution in [2.75, 3.05) is 5.32 Å². The minimum Gasteiger partial charge on any atom is -0.480 e. The number of carbonyl (C=O) groups is 2. The van der Waals surface area contributed by atoms with Crippen molar-refractivity contribution in [1.82, 2.24) is 14.8 Å². The number of hydrogen-bond acceptors (Lipinski definition) is 6. The Morgan fingerprint density at radius 1 is 1.12 bits per heavy atom. The molecular weight excluding hydrogens is 455 g/mol. The molecular formula is C25H29FN4O3S. The van der Waals surface area contributed by atoms with E-state index in [0.717, 1.165) is 0 Å². The van der Waals surface area contributed by atoms with Crippen LogP contribution in [0, 0.1) is 5.82 Å². The van der Waals surface area contributed by atoms with Crippen molar-refractivity contribution < 1.29 is 18.7 Å². The molecule has 0 fully saturated rings. The summed E-state index contributed by atoms with van der Waals surface area (Å²) in [7, 11) is 0. The van der Waals surface area contributed by atoms with Gasteiger partial charge in [0, 0.05) is 17.3 Å². The number of halogens is 1. The van der Waals surface area contributed by atoms with E-state index >= 15 is 0 Å². The fraction of sp³-hybridized carbons (Fsp3) is 0.360. The molecule has 1 amide bonds. The molecule has 9 heteroatoms. The summed E-state index contributed by atoms with van der Waals surface area (Å²) in [5.74, 6) is -0.0204. The summed E-state index contributed by atoms with van der Waals surface area (Å²) in [4.78, 5) is 24.6. The van der Waals surface area contributed by atoms with Crippen molar-refractivity contribution in [2.24, 2.45) is 0 Å². The lowest BCUT2D eigenvalue weighted by atomic mass is 10.1. The average Bonchev–Trinajstić information content (AvgIpc) is 3.23. The number of nitrogens with zero attached hydrogens (tertiary/aromatic N) is 3. The lowest BCUT2D eigenvalue weighted by Gasteiger charge is -2.20. The Bertz CT molecular complexity index is 1160. The van der Waals surface area contributed by atoms with E-state index in [9.17, 15) is 14.0 Å². The SMILES string of the molecule is CCC(Sc1nnc(C(C)Oc2ccccc2F)n1C(C)C)C(=O)Nc1cccc(C(C)=O)c1. The third kappa shape index (κ3) is 6.02. The minimum absolute atomic E-state index is 0.00742. The summed E-state index contributed by atoms with van der Waals surface area (Å²) in [6, 6.07) is 13.1. The number of ether oxygens (including phenoxy) is 1. The van der Waals surface area contributed by atoms with Crippen molar-refractivity contribution in [3.8, 4) is 5.75 Å². The van der Waals surface area contributed by atoms with Crippen LogP contribution in [0.4, 0.5) is 10.1 Å². The number of thioether (sulfide) groups is 1. The molecule has 3 rings (SSSR count). The molecule has 7 nitrogen and oxygen atoms in total. The molecule has 2 atom stereocenters. The highest BCUT2D eigenvalue weighted by Crippen LogP contribution is 2.31. The number of anilines is 1. The van der Waals surface area contributed by atoms with Crippen molar-refractivity contribution in [3.63, 3.8) is 0 Å². The van der Waals surface area contributed by atoms with Crippen molar-refractivity contribution in [2.45, 2.75) is 63.6 Å². The zero-order valence-corrected chi connectivity index (χ0v) is 20.7. The number of rotatable bonds is 10. The van der Waals surface area contributed by atoms with E-state index in [4.69, 9.17) is 4.74 Å². The lowest BCUT2D eigenvalue weighted by Crippen LogP contribution is -2.25. The van der Waals surface area contributed by atoms with Crippen LogP contribution < -0.4 is 10.1 Å². The quantitative estimate of drug-likeness (QED) is 0.287. The molecule has 1 N–H and O–H groups in total. The maximum atomic E-state index is 14.0. The number of carbonyl (C=O) groups excluding carboxylic acids is 2. The maximum absolute atomic E-state index is 14.0. The molecule has 180 valence electrons. The van der Waals surface area contributed by atoms with Crippen molar-refractivity contribution in [1.29, 1.82) is 0 Å². The van der Waals surface area contributed by atoms with E-state index in [2.05, 4.69) is 15.5 Å². The predicted octanol–water partition coefficient (Wildman–Crippen LogP) is 5.85. The van der Waals surface area contributed by atoms with Crippen molar-refractivity contribution in [3.05, 3.63) is 65.7 Å². The summed E-state index contributed by atoms with van der Waals surface area (Å²) < 4.78 is 21.8. The van der Waals surface area contributed by atoms with Gasteiger partial charge in [0.1, 0.15) is 0 Å². The highest BCUT2D eigenvalue weighted by atomic mass is 32.2. The van der Waals surface area contributed by atoms with Crippen LogP contribution in [0.25, 0.3) is 0 Å². The van der Waals surface area contributed by atoms with Gasteiger partial charge in [-0.1, -0.05) is 43.0 Å². The van der Waals surface area contributed by atoms with E-state index in [1.807, 2.05) is 25.3 Å². The number of hydrogen-bond donors (Lipinski definition) is 1. The smallest absolute Gasteiger partial charge is 0.237 e. The van der Waals surface area contributed by atoms with Crippen LogP contribution in [0.5, 0.6) is 5.75 Å². The number of Topliss-reactive ketones (excluding diaryl/α,β-unsaturated/α-hetero) is 1. The highest BCUT2D eigenvalue weighted by molar-refractivity contribution is 8.00. The van der Waals surface area contributed by atoms with Gasteiger partial charge in [0.05, 0.1) is 5.25 Å². The van der Waals surface area contributed by atoms with E-state index in [-0.39, 0.29) is 23.5 Å². The molecule has 0 aliphatic rings. The molecule has 34 heavy (non-hydrogen) atoms. The molecule has 0 aliphatic heterocycles. The number of nitrogens with one attached hydrogen (secondary N) is 1. The summed E-state index contributed by atoms with van der Waals surface area (Å²) in [5, 5.41) is 11.6. The Morgan fingerprint density at radius 2 is 1.85 bits per heavy atom. The zero-order chi connectivity index (χ0) is 24.8. The third-order valence-corrected chi connectivity index (χ3v) is 6.48. The van der Waals surface area contributed by atoms with Gasteiger partial charge in [-0.3, -0.25) is 9.59 Å². The average molecular weight is 485 g/mol. The van der Waals surface area contributed by atoms with Gasteiger partial charge in [-0.25, -0.2) is 4.39 Å². The summed E-state index contributed by atoms with van der Waals surface area (Å²) in [6.45, 7) is 9.17. The summed E-state index contributed by atoms with van der Waals surface area (Å²) in [6.07, 6.45) is 0.00848. The fourth-order valence-corrected chi connectivity index (χ4v) is 4.50. The van der Waals surface area contributed by atoms with Crippen LogP contribution >= 0.6 is 11.8 Å². The molecule has 0 bridgehead atoms. The van der Waals surface area contributed by atoms with Crippen LogP contribution in [0.1, 0.15) is 69.4 Å². The molecule has 2 aromatic carbocycles. The Morgan fingerprint density at radius 3 is 2.50 bits per heavy atom. The maximum Gasteiger partial charge on any atom is 0.237 e. The molecule has 0 saturated heterocycles. The van der Waals surface area contributed by atoms with Crippen LogP contribution in [0.15, 0.2) is 53.7 Å². The zero-order valence-electron chi connectivity index (χ0n) is 19.9. The first-order valence-electron chi connectivity index (χ1n) is 11.2. The second-order valence-corrected chi connectivity index (χ2v) is 9.31. The Labute approximate surface area is 203 Å². The summed E-state index contributed by atoms with van der Waals surface area (Å²) >= 11 is 1.31. The van der Waals surface area contributed by atoms with Gasteiger partial charge in [-0.2, -0.15) is 0 Å². The predicted molar refractivity (Wildman–Crippen MR) is 131 cm³/mol. The first-order chi connectivity index (χ1) is 16.2. The Balaban J connectivity index is 1.78. The summed E-state index contributed by atoms with van der Waals surface area (Å²) in [5.41, 5.74) is 1.10. The second-order valence-electron chi connectivity index (χ2n) is 8.14. The monoisotopic (exact) mass is 484 g/mol. The fourth-order valence-electron chi connectivity index (χ4n) is 3.40. The van der Waals surface area contributed by atoms with Crippen molar-refractivity contribution >= 4 is 29.1 Å². The molecule has 3 aromatic rings. The Hall–Kier alpha value is -3.20. The third-order valence-electron chi connectivity index (χ3n) is 5.16. The second kappa shape index (κ2) is 11.3. The van der Waals surface area contributed by atoms with Gasteiger partial charge in [0.25, 0.3) is 0 Å². The lowest BCUT2D eigenvalue weighted by molar-refractivity contribution is -0.115. The first-order valence-corrected chi connectivity index (χ1v) is 12.0. The molecule has 0 radical (unpaired) electrons. The van der Waals surface area contributed by atoms with Crippen LogP contribution in [0.3, 0.4) is 0 Å². The van der Waals surface area contributed by atoms with Crippen LogP contribution in [-0.4, -0.2) is 31.7 Å². The molecule has 1 heterocycles. The minimum atomic E-state index is -0.552. The van der Waals surface area contributed by atoms with E-state index in [1.165, 1.54) is 24.8 Å². The largest absolute Gasteiger partial charge is 0.480 e. The van der Waals surface area contributed by atoms with Gasteiger partial charge in [0.2, 0.25) is 5.91 Å². The first kappa shape index (κ1) is 25.4. The van der Waals surface area contributed by atoms with Gasteiger partial charge in [0.15, 0.2) is 34.4 Å². The Kier molecular flexibility index (Phi) is 8.44. The molecule has 1 aromatic heterocycles. The molecule has 0 saturated carbocycles. The number of aromatic nitrogens is 3. The van der Waals surface area contributed by atoms with Gasteiger partial charge in [-0.05, 0) is 58.4 Å².